The maximum Gasteiger partial charge on any atom is 0.317 e. The van der Waals surface area contributed by atoms with Crippen LogP contribution in [0.3, 0.4) is 0 Å². The Balaban J connectivity index is 1.40. The van der Waals surface area contributed by atoms with Crippen molar-refractivity contribution in [3.8, 4) is 0 Å². The maximum absolute atomic E-state index is 12.8. The fraction of sp³-hybridized carbons (Fsp3) is 0.680. The van der Waals surface area contributed by atoms with Gasteiger partial charge in [-0.1, -0.05) is 30.3 Å². The molecule has 6 nitrogen and oxygen atoms in total. The molecule has 31 heavy (non-hydrogen) atoms. The first-order valence-corrected chi connectivity index (χ1v) is 12.1. The first kappa shape index (κ1) is 22.1. The number of hydrogen-bond acceptors (Lipinski definition) is 3. The molecule has 3 fully saturated rings. The van der Waals surface area contributed by atoms with Crippen molar-refractivity contribution in [1.82, 2.24) is 15.5 Å². The molecule has 6 heteroatoms. The highest BCUT2D eigenvalue weighted by Gasteiger charge is 2.48. The molecule has 170 valence electrons. The van der Waals surface area contributed by atoms with Gasteiger partial charge in [0.15, 0.2) is 0 Å². The van der Waals surface area contributed by atoms with Crippen LogP contribution in [0.25, 0.3) is 0 Å². The molecule has 4 rings (SSSR count). The Morgan fingerprint density at radius 2 is 1.90 bits per heavy atom. The minimum atomic E-state index is -0.347. The smallest absolute Gasteiger partial charge is 0.317 e. The van der Waals surface area contributed by atoms with Gasteiger partial charge in [-0.15, -0.1) is 0 Å². The van der Waals surface area contributed by atoms with Crippen LogP contribution >= 0.6 is 0 Å². The number of likely N-dealkylation sites (tertiary alicyclic amines) is 1. The molecular formula is C25H37N3O3. The Bertz CT molecular complexity index is 744. The van der Waals surface area contributed by atoms with Crippen LogP contribution in [0, 0.1) is 0 Å². The fourth-order valence-corrected chi connectivity index (χ4v) is 5.85. The summed E-state index contributed by atoms with van der Waals surface area (Å²) in [4.78, 5) is 27.0. The zero-order chi connectivity index (χ0) is 21.7. The number of benzene rings is 1. The van der Waals surface area contributed by atoms with Crippen LogP contribution in [0.4, 0.5) is 4.79 Å². The number of urea groups is 1. The summed E-state index contributed by atoms with van der Waals surface area (Å²) in [5, 5.41) is 6.24. The van der Waals surface area contributed by atoms with Crippen molar-refractivity contribution >= 4 is 11.9 Å². The third-order valence-corrected chi connectivity index (χ3v) is 7.47. The number of nitrogens with zero attached hydrogens (tertiary/aromatic N) is 1. The van der Waals surface area contributed by atoms with Gasteiger partial charge in [-0.25, -0.2) is 4.79 Å². The minimum Gasteiger partial charge on any atom is -0.376 e. The van der Waals surface area contributed by atoms with Crippen molar-refractivity contribution in [2.45, 2.75) is 88.3 Å². The molecule has 1 saturated carbocycles. The summed E-state index contributed by atoms with van der Waals surface area (Å²) in [5.41, 5.74) is 1.08. The topological polar surface area (TPSA) is 70.7 Å². The molecule has 1 aromatic rings. The van der Waals surface area contributed by atoms with E-state index in [0.29, 0.717) is 25.5 Å². The summed E-state index contributed by atoms with van der Waals surface area (Å²) in [6, 6.07) is 10.6. The Hall–Kier alpha value is -2.08. The second-order valence-electron chi connectivity index (χ2n) is 9.42. The highest BCUT2D eigenvalue weighted by Crippen LogP contribution is 2.37. The lowest BCUT2D eigenvalue weighted by atomic mass is 9.75. The number of carbonyl (C=O) groups excluding carboxylic acids is 2. The van der Waals surface area contributed by atoms with E-state index in [-0.39, 0.29) is 29.6 Å². The van der Waals surface area contributed by atoms with Crippen molar-refractivity contribution in [2.24, 2.45) is 0 Å². The molecule has 2 aliphatic heterocycles. The summed E-state index contributed by atoms with van der Waals surface area (Å²) in [6.45, 7) is 3.76. The molecule has 3 aliphatic rings. The molecule has 0 aromatic heterocycles. The highest BCUT2D eigenvalue weighted by molar-refractivity contribution is 5.79. The third kappa shape index (κ3) is 5.05. The van der Waals surface area contributed by atoms with Gasteiger partial charge in [-0.2, -0.15) is 0 Å². The van der Waals surface area contributed by atoms with Gasteiger partial charge in [0.25, 0.3) is 0 Å². The van der Waals surface area contributed by atoms with Crippen molar-refractivity contribution < 1.29 is 14.3 Å². The van der Waals surface area contributed by atoms with Crippen LogP contribution in [-0.2, 0) is 9.53 Å². The Morgan fingerprint density at radius 3 is 2.61 bits per heavy atom. The minimum absolute atomic E-state index is 0.0391. The van der Waals surface area contributed by atoms with Crippen LogP contribution in [-0.4, -0.2) is 54.2 Å². The molecule has 2 atom stereocenters. The molecule has 2 N–H and O–H groups in total. The largest absolute Gasteiger partial charge is 0.376 e. The van der Waals surface area contributed by atoms with Gasteiger partial charge < -0.3 is 20.3 Å². The van der Waals surface area contributed by atoms with Crippen molar-refractivity contribution in [2.75, 3.05) is 19.7 Å². The zero-order valence-corrected chi connectivity index (χ0v) is 18.8. The predicted octanol–water partition coefficient (Wildman–Crippen LogP) is 3.96. The van der Waals surface area contributed by atoms with Gasteiger partial charge in [0.05, 0.1) is 24.3 Å². The van der Waals surface area contributed by atoms with Gasteiger partial charge in [0.1, 0.15) is 0 Å². The lowest BCUT2D eigenvalue weighted by Gasteiger charge is -2.52. The van der Waals surface area contributed by atoms with E-state index >= 15 is 0 Å². The fourth-order valence-electron chi connectivity index (χ4n) is 5.85. The predicted molar refractivity (Wildman–Crippen MR) is 121 cm³/mol. The van der Waals surface area contributed by atoms with Crippen molar-refractivity contribution in [3.05, 3.63) is 35.9 Å². The summed E-state index contributed by atoms with van der Waals surface area (Å²) in [7, 11) is 0. The SMILES string of the molecule is CCNC(=O)N1CCC[C@]2(CCCC(=O)N2)[C@H]1COC1CCC(c2ccccc2)CC1. The lowest BCUT2D eigenvalue weighted by Crippen LogP contribution is -2.69. The van der Waals surface area contributed by atoms with E-state index in [1.54, 1.807) is 0 Å². The lowest BCUT2D eigenvalue weighted by molar-refractivity contribution is -0.129. The number of amides is 3. The molecular weight excluding hydrogens is 390 g/mol. The van der Waals surface area contributed by atoms with Crippen LogP contribution < -0.4 is 10.6 Å². The van der Waals surface area contributed by atoms with Gasteiger partial charge in [-0.3, -0.25) is 4.79 Å². The molecule has 0 bridgehead atoms. The second-order valence-corrected chi connectivity index (χ2v) is 9.42. The monoisotopic (exact) mass is 427 g/mol. The molecule has 2 saturated heterocycles. The van der Waals surface area contributed by atoms with Crippen LogP contribution in [0.5, 0.6) is 0 Å². The Kier molecular flexibility index (Phi) is 7.16. The molecule has 1 aromatic carbocycles. The molecule has 2 heterocycles. The van der Waals surface area contributed by atoms with Gasteiger partial charge in [0, 0.05) is 19.5 Å². The third-order valence-electron chi connectivity index (χ3n) is 7.47. The number of piperidine rings is 2. The van der Waals surface area contributed by atoms with E-state index in [2.05, 4.69) is 41.0 Å². The van der Waals surface area contributed by atoms with Crippen molar-refractivity contribution in [3.63, 3.8) is 0 Å². The first-order valence-electron chi connectivity index (χ1n) is 12.1. The first-order chi connectivity index (χ1) is 15.1. The number of rotatable bonds is 5. The molecule has 0 radical (unpaired) electrons. The second kappa shape index (κ2) is 10.0. The number of ether oxygens (including phenoxy) is 1. The van der Waals surface area contributed by atoms with Crippen LogP contribution in [0.15, 0.2) is 30.3 Å². The standard InChI is InChI=1S/C25H37N3O3/c1-2-26-24(30)28-17-7-16-25(15-6-10-23(29)27-25)22(28)18-31-21-13-11-20(12-14-21)19-8-4-3-5-9-19/h3-5,8-9,20-22H,2,6-7,10-18H2,1H3,(H,26,30)(H,27,29)/t20?,21?,22-,25-/m1/s1. The van der Waals surface area contributed by atoms with E-state index < -0.39 is 0 Å². The van der Waals surface area contributed by atoms with Gasteiger partial charge in [-0.05, 0) is 69.8 Å². The summed E-state index contributed by atoms with van der Waals surface area (Å²) >= 11 is 0. The number of nitrogens with one attached hydrogen (secondary N) is 2. The average Bonchev–Trinajstić information content (AvgIpc) is 2.79. The summed E-state index contributed by atoms with van der Waals surface area (Å²) in [5.74, 6) is 0.726. The van der Waals surface area contributed by atoms with E-state index in [1.807, 2.05) is 11.8 Å². The Morgan fingerprint density at radius 1 is 1.16 bits per heavy atom. The molecule has 1 aliphatic carbocycles. The molecule has 0 unspecified atom stereocenters. The van der Waals surface area contributed by atoms with Crippen LogP contribution in [0.2, 0.25) is 0 Å². The summed E-state index contributed by atoms with van der Waals surface area (Å²) in [6.07, 6.45) is 8.83. The van der Waals surface area contributed by atoms with E-state index in [4.69, 9.17) is 4.74 Å². The normalized spacial score (nSPS) is 31.3. The Labute approximate surface area is 186 Å². The van der Waals surface area contributed by atoms with E-state index in [1.165, 1.54) is 5.56 Å². The van der Waals surface area contributed by atoms with Crippen molar-refractivity contribution in [1.29, 1.82) is 0 Å². The maximum atomic E-state index is 12.8. The van der Waals surface area contributed by atoms with Gasteiger partial charge in [0.2, 0.25) is 5.91 Å². The average molecular weight is 428 g/mol. The van der Waals surface area contributed by atoms with E-state index in [9.17, 15) is 9.59 Å². The molecule has 1 spiro atoms. The van der Waals surface area contributed by atoms with Gasteiger partial charge >= 0.3 is 6.03 Å². The number of carbonyl (C=O) groups is 2. The number of hydrogen-bond donors (Lipinski definition) is 2. The quantitative estimate of drug-likeness (QED) is 0.747. The highest BCUT2D eigenvalue weighted by atomic mass is 16.5. The summed E-state index contributed by atoms with van der Waals surface area (Å²) < 4.78 is 6.46. The molecule has 3 amide bonds. The zero-order valence-electron chi connectivity index (χ0n) is 18.8. The van der Waals surface area contributed by atoms with Crippen LogP contribution in [0.1, 0.15) is 76.2 Å². The van der Waals surface area contributed by atoms with E-state index in [0.717, 1.165) is 57.9 Å².